The van der Waals surface area contributed by atoms with Crippen LogP contribution < -0.4 is 5.32 Å². The molecule has 1 amide bonds. The number of amides is 1. The third kappa shape index (κ3) is 29.8. The first-order valence-electron chi connectivity index (χ1n) is 31.8. The van der Waals surface area contributed by atoms with Gasteiger partial charge in [-0.05, 0) is 64.2 Å². The molecule has 3 rings (SSSR count). The Morgan fingerprint density at radius 2 is 0.821 bits per heavy atom. The monoisotopic (exact) mass is 1190 g/mol. The first-order chi connectivity index (χ1) is 40.8. The minimum atomic E-state index is -1.98. The van der Waals surface area contributed by atoms with E-state index in [0.29, 0.717) is 12.8 Å². The van der Waals surface area contributed by atoms with Crippen molar-refractivity contribution in [2.45, 2.75) is 291 Å². The molecule has 17 unspecified atom stereocenters. The summed E-state index contributed by atoms with van der Waals surface area (Å²) in [5.74, 6) is -0.288. The number of unbranched alkanes of at least 4 members (excludes halogenated alkanes) is 18. The highest BCUT2D eigenvalue weighted by Gasteiger charge is 2.53. The number of rotatable bonds is 46. The molecule has 0 aromatic heterocycles. The van der Waals surface area contributed by atoms with Crippen LogP contribution in [0.5, 0.6) is 0 Å². The molecular formula is C65H111NO18. The lowest BCUT2D eigenvalue weighted by Gasteiger charge is -2.48. The standard InChI is InChI=1S/C65H111NO18/c1-3-5-7-9-10-11-12-13-14-15-16-17-18-19-20-21-22-23-24-25-26-27-28-29-30-31-32-33-34-35-36-37-38-39-41-43-53(71)66-48(49(70)42-40-8-6-4-2)47-79-63-59(77)56(74)61(51(45-68)81-63)84-65-60(78)57(75)62(52(46-69)82-65)83-64-58(76)55(73)54(72)50(44-67)80-64/h5,7,10-11,13-14,16-17,19-20,22-23,40,42,48-52,54-65,67-70,72-78H,3-4,6,8-9,12,15,18,21,24-39,41,43-47H2,1-2H3,(H,66,71)/b7-5-,11-10-,14-13-,17-16-,20-19-,23-22-,42-40+. The molecule has 0 saturated carbocycles. The van der Waals surface area contributed by atoms with Crippen LogP contribution in [0.4, 0.5) is 0 Å². The van der Waals surface area contributed by atoms with E-state index < -0.39 is 124 Å². The van der Waals surface area contributed by atoms with Crippen LogP contribution in [0.25, 0.3) is 0 Å². The van der Waals surface area contributed by atoms with Crippen molar-refractivity contribution in [3.05, 3.63) is 85.1 Å². The lowest BCUT2D eigenvalue weighted by Crippen LogP contribution is -2.66. The molecule has 3 saturated heterocycles. The fourth-order valence-electron chi connectivity index (χ4n) is 10.2. The number of nitrogens with one attached hydrogen (secondary N) is 1. The van der Waals surface area contributed by atoms with Crippen molar-refractivity contribution < 1.29 is 89.4 Å². The Morgan fingerprint density at radius 1 is 0.440 bits per heavy atom. The molecule has 84 heavy (non-hydrogen) atoms. The van der Waals surface area contributed by atoms with Crippen molar-refractivity contribution in [2.24, 2.45) is 0 Å². The van der Waals surface area contributed by atoms with Gasteiger partial charge in [-0.25, -0.2) is 0 Å². The van der Waals surface area contributed by atoms with E-state index in [0.717, 1.165) is 70.6 Å². The molecule has 0 bridgehead atoms. The normalized spacial score (nSPS) is 29.8. The van der Waals surface area contributed by atoms with Crippen LogP contribution in [0, 0.1) is 0 Å². The topological polar surface area (TPSA) is 307 Å². The maximum atomic E-state index is 13.2. The van der Waals surface area contributed by atoms with E-state index in [4.69, 9.17) is 28.4 Å². The Balaban J connectivity index is 1.26. The molecule has 0 aromatic carbocycles. The summed E-state index contributed by atoms with van der Waals surface area (Å²) in [7, 11) is 0. The molecular weight excluding hydrogens is 1080 g/mol. The fraction of sp³-hybridized carbons (Fsp3) is 0.769. The minimum absolute atomic E-state index is 0.238. The molecule has 17 atom stereocenters. The molecule has 0 aliphatic carbocycles. The summed E-state index contributed by atoms with van der Waals surface area (Å²) in [6, 6.07) is -0.971. The van der Waals surface area contributed by atoms with E-state index in [1.807, 2.05) is 13.0 Å². The maximum Gasteiger partial charge on any atom is 0.220 e. The zero-order valence-electron chi connectivity index (χ0n) is 50.6. The van der Waals surface area contributed by atoms with Crippen molar-refractivity contribution in [3.63, 3.8) is 0 Å². The molecule has 0 spiro atoms. The lowest BCUT2D eigenvalue weighted by atomic mass is 9.96. The SMILES string of the molecule is CC/C=C\C/C=C\C/C=C\C/C=C\C/C=C\C/C=C\CCCCCCCCCCCCCCCCCCC(=O)NC(COC1OC(CO)C(OC2OC(CO)C(OC3OC(CO)C(O)C(O)C3O)C(O)C2O)C(O)C1O)C(O)/C=C/CCCC. The van der Waals surface area contributed by atoms with Gasteiger partial charge in [0.1, 0.15) is 73.2 Å². The van der Waals surface area contributed by atoms with Crippen LogP contribution in [-0.2, 0) is 33.2 Å². The molecule has 0 aromatic rings. The van der Waals surface area contributed by atoms with E-state index in [-0.39, 0.29) is 18.9 Å². The third-order valence-corrected chi connectivity index (χ3v) is 15.4. The van der Waals surface area contributed by atoms with Crippen molar-refractivity contribution in [1.29, 1.82) is 0 Å². The number of aliphatic hydroxyl groups is 11. The highest BCUT2D eigenvalue weighted by atomic mass is 16.8. The van der Waals surface area contributed by atoms with Crippen molar-refractivity contribution in [2.75, 3.05) is 26.4 Å². The summed E-state index contributed by atoms with van der Waals surface area (Å²) in [5.41, 5.74) is 0. The number of carbonyl (C=O) groups excluding carboxylic acids is 1. The second-order valence-electron chi connectivity index (χ2n) is 22.5. The number of allylic oxidation sites excluding steroid dienone is 13. The average Bonchev–Trinajstić information content (AvgIpc) is 3.52. The van der Waals surface area contributed by atoms with Gasteiger partial charge in [-0.1, -0.05) is 202 Å². The molecule has 0 radical (unpaired) electrons. The number of ether oxygens (including phenoxy) is 6. The van der Waals surface area contributed by atoms with E-state index >= 15 is 0 Å². The molecule has 3 aliphatic heterocycles. The van der Waals surface area contributed by atoms with Gasteiger partial charge < -0.3 is 89.9 Å². The molecule has 19 nitrogen and oxygen atoms in total. The Kier molecular flexibility index (Phi) is 42.1. The Hall–Kier alpha value is -3.03. The van der Waals surface area contributed by atoms with Gasteiger partial charge in [0.05, 0.1) is 38.6 Å². The molecule has 3 aliphatic rings. The minimum Gasteiger partial charge on any atom is -0.394 e. The summed E-state index contributed by atoms with van der Waals surface area (Å²) in [5, 5.41) is 119. The van der Waals surface area contributed by atoms with E-state index in [9.17, 15) is 61.0 Å². The highest BCUT2D eigenvalue weighted by molar-refractivity contribution is 5.76. The van der Waals surface area contributed by atoms with Gasteiger partial charge in [0.2, 0.25) is 5.91 Å². The van der Waals surface area contributed by atoms with Gasteiger partial charge in [0.15, 0.2) is 18.9 Å². The van der Waals surface area contributed by atoms with Gasteiger partial charge >= 0.3 is 0 Å². The fourth-order valence-corrected chi connectivity index (χ4v) is 10.2. The van der Waals surface area contributed by atoms with Crippen LogP contribution in [0.2, 0.25) is 0 Å². The first kappa shape index (κ1) is 75.2. The Bertz CT molecular complexity index is 1860. The second-order valence-corrected chi connectivity index (χ2v) is 22.5. The maximum absolute atomic E-state index is 13.2. The molecule has 12 N–H and O–H groups in total. The van der Waals surface area contributed by atoms with Crippen molar-refractivity contribution >= 4 is 5.91 Å². The predicted octanol–water partition coefficient (Wildman–Crippen LogP) is 6.76. The van der Waals surface area contributed by atoms with Crippen molar-refractivity contribution in [3.8, 4) is 0 Å². The van der Waals surface area contributed by atoms with Gasteiger partial charge in [-0.2, -0.15) is 0 Å². The predicted molar refractivity (Wildman–Crippen MR) is 323 cm³/mol. The second kappa shape index (κ2) is 47.0. The van der Waals surface area contributed by atoms with Gasteiger partial charge in [0.25, 0.3) is 0 Å². The summed E-state index contributed by atoms with van der Waals surface area (Å²) >= 11 is 0. The lowest BCUT2D eigenvalue weighted by molar-refractivity contribution is -0.379. The van der Waals surface area contributed by atoms with E-state index in [1.165, 1.54) is 83.5 Å². The van der Waals surface area contributed by atoms with E-state index in [1.54, 1.807) is 6.08 Å². The van der Waals surface area contributed by atoms with Crippen LogP contribution >= 0.6 is 0 Å². The zero-order chi connectivity index (χ0) is 61.2. The van der Waals surface area contributed by atoms with Crippen LogP contribution in [0.15, 0.2) is 85.1 Å². The van der Waals surface area contributed by atoms with Gasteiger partial charge in [-0.15, -0.1) is 0 Å². The molecule has 19 heteroatoms. The molecule has 484 valence electrons. The zero-order valence-corrected chi connectivity index (χ0v) is 50.6. The average molecular weight is 1190 g/mol. The summed E-state index contributed by atoms with van der Waals surface area (Å²) in [6.07, 6.45) is 32.6. The quantitative estimate of drug-likeness (QED) is 0.0221. The number of carbonyl (C=O) groups is 1. The van der Waals surface area contributed by atoms with E-state index in [2.05, 4.69) is 85.2 Å². The van der Waals surface area contributed by atoms with Crippen LogP contribution in [-0.4, -0.2) is 193 Å². The van der Waals surface area contributed by atoms with Gasteiger partial charge in [0, 0.05) is 6.42 Å². The largest absolute Gasteiger partial charge is 0.394 e. The summed E-state index contributed by atoms with van der Waals surface area (Å²) in [6.45, 7) is 1.42. The molecule has 3 heterocycles. The van der Waals surface area contributed by atoms with Gasteiger partial charge in [-0.3, -0.25) is 4.79 Å². The third-order valence-electron chi connectivity index (χ3n) is 15.4. The summed E-state index contributed by atoms with van der Waals surface area (Å²) in [4.78, 5) is 13.2. The molecule has 3 fully saturated rings. The van der Waals surface area contributed by atoms with Crippen LogP contribution in [0.1, 0.15) is 187 Å². The van der Waals surface area contributed by atoms with Crippen LogP contribution in [0.3, 0.4) is 0 Å². The number of hydrogen-bond acceptors (Lipinski definition) is 18. The number of aliphatic hydroxyl groups excluding tert-OH is 11. The summed E-state index contributed by atoms with van der Waals surface area (Å²) < 4.78 is 34.0. The van der Waals surface area contributed by atoms with Crippen molar-refractivity contribution in [1.82, 2.24) is 5.32 Å². The Morgan fingerprint density at radius 3 is 1.27 bits per heavy atom. The smallest absolute Gasteiger partial charge is 0.220 e. The first-order valence-corrected chi connectivity index (χ1v) is 31.8. The Labute approximate surface area is 501 Å². The number of hydrogen-bond donors (Lipinski definition) is 12. The highest BCUT2D eigenvalue weighted by Crippen LogP contribution is 2.33.